The fourth-order valence-corrected chi connectivity index (χ4v) is 3.65. The molecule has 2 fully saturated rings. The Morgan fingerprint density at radius 3 is 2.40 bits per heavy atom. The van der Waals surface area contributed by atoms with Crippen LogP contribution in [0.4, 0.5) is 13.6 Å². The summed E-state index contributed by atoms with van der Waals surface area (Å²) >= 11 is 0. The first-order valence-corrected chi connectivity index (χ1v) is 9.53. The molecule has 9 heteroatoms. The minimum Gasteiger partial charge on any atom is -0.457 e. The van der Waals surface area contributed by atoms with E-state index in [1.54, 1.807) is 36.1 Å². The number of piperazine rings is 1. The molecule has 2 heterocycles. The van der Waals surface area contributed by atoms with E-state index in [-0.39, 0.29) is 30.1 Å². The molecule has 156 valence electrons. The van der Waals surface area contributed by atoms with Crippen molar-refractivity contribution in [1.29, 1.82) is 0 Å². The first-order chi connectivity index (χ1) is 14.4. The summed E-state index contributed by atoms with van der Waals surface area (Å²) in [6.07, 6.45) is 0. The van der Waals surface area contributed by atoms with Gasteiger partial charge < -0.3 is 14.5 Å². The molecule has 0 unspecified atom stereocenters. The third-order valence-electron chi connectivity index (χ3n) is 5.24. The van der Waals surface area contributed by atoms with Gasteiger partial charge >= 0.3 is 6.03 Å². The van der Waals surface area contributed by atoms with E-state index in [1.807, 2.05) is 0 Å². The highest BCUT2D eigenvalue weighted by Crippen LogP contribution is 2.25. The number of fused-ring (bicyclic) bond motifs is 1. The lowest BCUT2D eigenvalue weighted by Crippen LogP contribution is -2.54. The number of likely N-dealkylation sites (N-methyl/N-ethyl adjacent to an activating group) is 1. The number of carbonyl (C=O) groups is 3. The molecule has 4 amide bonds. The van der Waals surface area contributed by atoms with Gasteiger partial charge in [0.05, 0.1) is 6.54 Å². The fourth-order valence-electron chi connectivity index (χ4n) is 3.65. The Kier molecular flexibility index (Phi) is 5.11. The summed E-state index contributed by atoms with van der Waals surface area (Å²) in [6.45, 7) is 2.82. The van der Waals surface area contributed by atoms with Crippen molar-refractivity contribution < 1.29 is 27.9 Å². The number of halogens is 2. The van der Waals surface area contributed by atoms with Crippen molar-refractivity contribution in [3.05, 3.63) is 59.7 Å². The van der Waals surface area contributed by atoms with E-state index in [2.05, 4.69) is 0 Å². The summed E-state index contributed by atoms with van der Waals surface area (Å²) in [5.74, 6) is -2.03. The monoisotopic (exact) mass is 415 g/mol. The van der Waals surface area contributed by atoms with Crippen LogP contribution in [0, 0.1) is 11.6 Å². The van der Waals surface area contributed by atoms with Crippen molar-refractivity contribution in [3.8, 4) is 11.5 Å². The van der Waals surface area contributed by atoms with Gasteiger partial charge in [0.2, 0.25) is 0 Å². The second-order valence-electron chi connectivity index (χ2n) is 7.03. The summed E-state index contributed by atoms with van der Waals surface area (Å²) in [6, 6.07) is 8.47. The van der Waals surface area contributed by atoms with E-state index >= 15 is 0 Å². The van der Waals surface area contributed by atoms with Crippen LogP contribution < -0.4 is 4.74 Å². The zero-order valence-electron chi connectivity index (χ0n) is 16.2. The summed E-state index contributed by atoms with van der Waals surface area (Å²) < 4.78 is 31.8. The molecular weight excluding hydrogens is 396 g/mol. The van der Waals surface area contributed by atoms with Gasteiger partial charge in [-0.2, -0.15) is 0 Å². The number of ether oxygens (including phenoxy) is 1. The van der Waals surface area contributed by atoms with Crippen LogP contribution in [0.15, 0.2) is 42.5 Å². The van der Waals surface area contributed by atoms with Gasteiger partial charge in [0, 0.05) is 31.3 Å². The van der Waals surface area contributed by atoms with Crippen molar-refractivity contribution in [3.63, 3.8) is 0 Å². The largest absolute Gasteiger partial charge is 0.457 e. The topological polar surface area (TPSA) is 70.2 Å². The Labute approximate surface area is 171 Å². The lowest BCUT2D eigenvalue weighted by molar-refractivity contribution is -0.129. The van der Waals surface area contributed by atoms with Crippen molar-refractivity contribution >= 4 is 17.8 Å². The van der Waals surface area contributed by atoms with Gasteiger partial charge in [-0.25, -0.2) is 13.6 Å². The summed E-state index contributed by atoms with van der Waals surface area (Å²) in [4.78, 5) is 41.7. The predicted molar refractivity (Wildman–Crippen MR) is 102 cm³/mol. The maximum Gasteiger partial charge on any atom is 0.327 e. The Morgan fingerprint density at radius 1 is 1.03 bits per heavy atom. The van der Waals surface area contributed by atoms with E-state index in [4.69, 9.17) is 4.74 Å². The van der Waals surface area contributed by atoms with Crippen LogP contribution in [0.5, 0.6) is 11.5 Å². The minimum absolute atomic E-state index is 0.133. The highest BCUT2D eigenvalue weighted by atomic mass is 19.2. The molecule has 0 bridgehead atoms. The lowest BCUT2D eigenvalue weighted by atomic mass is 10.1. The van der Waals surface area contributed by atoms with Crippen molar-refractivity contribution in [2.45, 2.75) is 13.0 Å². The van der Waals surface area contributed by atoms with Crippen molar-refractivity contribution in [2.75, 3.05) is 26.2 Å². The molecule has 4 rings (SSSR count). The van der Waals surface area contributed by atoms with Crippen LogP contribution in [-0.2, 0) is 4.79 Å². The van der Waals surface area contributed by atoms with Crippen LogP contribution >= 0.6 is 0 Å². The third-order valence-corrected chi connectivity index (χ3v) is 5.24. The van der Waals surface area contributed by atoms with Crippen molar-refractivity contribution in [2.24, 2.45) is 0 Å². The van der Waals surface area contributed by atoms with Crippen LogP contribution in [0.25, 0.3) is 0 Å². The minimum atomic E-state index is -1.01. The molecule has 2 aromatic carbocycles. The molecule has 0 radical (unpaired) electrons. The fraction of sp³-hybridized carbons (Fsp3) is 0.286. The summed E-state index contributed by atoms with van der Waals surface area (Å²) in [5, 5.41) is 0. The molecule has 0 aliphatic carbocycles. The Balaban J connectivity index is 1.43. The number of urea groups is 1. The Morgan fingerprint density at radius 2 is 1.73 bits per heavy atom. The van der Waals surface area contributed by atoms with E-state index in [1.165, 1.54) is 15.9 Å². The number of imide groups is 1. The molecule has 0 spiro atoms. The Hall–Kier alpha value is -3.49. The lowest BCUT2D eigenvalue weighted by Gasteiger charge is -2.35. The predicted octanol–water partition coefficient (Wildman–Crippen LogP) is 2.87. The second kappa shape index (κ2) is 7.74. The number of carbonyl (C=O) groups excluding carboxylic acids is 3. The average molecular weight is 415 g/mol. The molecule has 0 saturated carbocycles. The second-order valence-corrected chi connectivity index (χ2v) is 7.03. The molecule has 2 aliphatic rings. The number of benzene rings is 2. The first kappa shape index (κ1) is 19.8. The highest BCUT2D eigenvalue weighted by Gasteiger charge is 2.47. The number of hydrogen-bond donors (Lipinski definition) is 0. The number of nitrogens with zero attached hydrogens (tertiary/aromatic N) is 3. The first-order valence-electron chi connectivity index (χ1n) is 9.53. The number of hydrogen-bond acceptors (Lipinski definition) is 4. The van der Waals surface area contributed by atoms with Crippen LogP contribution in [0.3, 0.4) is 0 Å². The molecule has 2 saturated heterocycles. The normalized spacial score (nSPS) is 18.6. The van der Waals surface area contributed by atoms with E-state index in [0.29, 0.717) is 30.9 Å². The van der Waals surface area contributed by atoms with Gasteiger partial charge in [-0.3, -0.25) is 14.5 Å². The number of amides is 4. The van der Waals surface area contributed by atoms with E-state index in [9.17, 15) is 23.2 Å². The van der Waals surface area contributed by atoms with Gasteiger partial charge in [-0.1, -0.05) is 0 Å². The smallest absolute Gasteiger partial charge is 0.327 e. The van der Waals surface area contributed by atoms with E-state index in [0.717, 1.165) is 12.1 Å². The van der Waals surface area contributed by atoms with Crippen molar-refractivity contribution in [1.82, 2.24) is 14.7 Å². The molecule has 30 heavy (non-hydrogen) atoms. The summed E-state index contributed by atoms with van der Waals surface area (Å²) in [5.41, 5.74) is 0.394. The molecule has 0 N–H and O–H groups in total. The molecule has 2 aliphatic heterocycles. The van der Waals surface area contributed by atoms with Crippen LogP contribution in [0.1, 0.15) is 17.3 Å². The summed E-state index contributed by atoms with van der Waals surface area (Å²) in [7, 11) is 0. The standard InChI is InChI=1S/C21H19F2N3O4/c1-2-25-20(28)18-12-24(9-10-26(18)21(25)29)19(27)13-3-5-14(6-4-13)30-15-7-8-16(22)17(23)11-15/h3-8,11,18H,2,9-10,12H2,1H3/t18-/m1/s1. The van der Waals surface area contributed by atoms with Crippen LogP contribution in [0.2, 0.25) is 0 Å². The maximum absolute atomic E-state index is 13.3. The zero-order chi connectivity index (χ0) is 21.4. The maximum atomic E-state index is 13.3. The third kappa shape index (κ3) is 3.47. The molecule has 2 aromatic rings. The molecule has 7 nitrogen and oxygen atoms in total. The molecule has 1 atom stereocenters. The average Bonchev–Trinajstić information content (AvgIpc) is 3.00. The quantitative estimate of drug-likeness (QED) is 0.720. The highest BCUT2D eigenvalue weighted by molar-refractivity contribution is 6.05. The van der Waals surface area contributed by atoms with Gasteiger partial charge in [-0.15, -0.1) is 0 Å². The van der Waals surface area contributed by atoms with Gasteiger partial charge in [0.15, 0.2) is 11.6 Å². The van der Waals surface area contributed by atoms with Crippen LogP contribution in [-0.4, -0.2) is 64.8 Å². The molecular formula is C21H19F2N3O4. The Bertz CT molecular complexity index is 1010. The van der Waals surface area contributed by atoms with Gasteiger partial charge in [0.1, 0.15) is 17.5 Å². The number of rotatable bonds is 4. The zero-order valence-corrected chi connectivity index (χ0v) is 16.2. The SMILES string of the molecule is CCN1C(=O)[C@H]2CN(C(=O)c3ccc(Oc4ccc(F)c(F)c4)cc3)CCN2C1=O. The van der Waals surface area contributed by atoms with Gasteiger partial charge in [0.25, 0.3) is 11.8 Å². The van der Waals surface area contributed by atoms with Gasteiger partial charge in [-0.05, 0) is 43.3 Å². The van der Waals surface area contributed by atoms with E-state index < -0.39 is 17.7 Å². The molecule has 0 aromatic heterocycles.